The molecule has 1 amide bonds. The molecule has 1 unspecified atom stereocenters. The summed E-state index contributed by atoms with van der Waals surface area (Å²) in [7, 11) is 0. The van der Waals surface area contributed by atoms with Crippen LogP contribution in [0.25, 0.3) is 0 Å². The van der Waals surface area contributed by atoms with Gasteiger partial charge in [0.15, 0.2) is 0 Å². The maximum Gasteiger partial charge on any atom is 0.328 e. The second kappa shape index (κ2) is 18.0. The first-order chi connectivity index (χ1) is 15.0. The molecule has 2 N–H and O–H groups in total. The third kappa shape index (κ3) is 14.9. The molecule has 0 aromatic rings. The van der Waals surface area contributed by atoms with Gasteiger partial charge in [-0.25, -0.2) is 4.79 Å². The smallest absolute Gasteiger partial charge is 0.328 e. The van der Waals surface area contributed by atoms with Crippen molar-refractivity contribution in [2.45, 2.75) is 122 Å². The summed E-state index contributed by atoms with van der Waals surface area (Å²) in [5.74, 6) is -1.08. The van der Waals surface area contributed by atoms with Gasteiger partial charge >= 0.3 is 11.9 Å². The van der Waals surface area contributed by atoms with Crippen molar-refractivity contribution < 1.29 is 29.0 Å². The Morgan fingerprint density at radius 2 is 1.42 bits per heavy atom. The average molecular weight is 442 g/mol. The molecule has 1 aliphatic heterocycles. The van der Waals surface area contributed by atoms with Crippen molar-refractivity contribution in [3.05, 3.63) is 0 Å². The van der Waals surface area contributed by atoms with Gasteiger partial charge in [0, 0.05) is 12.8 Å². The first-order valence-electron chi connectivity index (χ1n) is 12.3. The highest BCUT2D eigenvalue weighted by molar-refractivity contribution is 5.88. The lowest BCUT2D eigenvalue weighted by Gasteiger charge is -2.14. The Kier molecular flexibility index (Phi) is 15.9. The number of aliphatic hydroxyl groups excluding tert-OH is 1. The molecular weight excluding hydrogens is 398 g/mol. The molecule has 1 rings (SSSR count). The summed E-state index contributed by atoms with van der Waals surface area (Å²) in [4.78, 5) is 34.6. The molecule has 7 nitrogen and oxygen atoms in total. The van der Waals surface area contributed by atoms with Crippen LogP contribution in [-0.2, 0) is 23.9 Å². The van der Waals surface area contributed by atoms with Crippen molar-refractivity contribution >= 4 is 17.8 Å². The van der Waals surface area contributed by atoms with Crippen LogP contribution in [0, 0.1) is 0 Å². The first-order valence-corrected chi connectivity index (χ1v) is 12.3. The normalized spacial score (nSPS) is 16.7. The van der Waals surface area contributed by atoms with Crippen LogP contribution in [0.3, 0.4) is 0 Å². The van der Waals surface area contributed by atoms with Gasteiger partial charge in [-0.3, -0.25) is 9.59 Å². The largest absolute Gasteiger partial charge is 0.463 e. The standard InChI is InChI=1S/C24H43NO6/c1-2-3-4-5-6-7-8-9-10-11-12-13-14-15-23(28)30-18-20(26)19-31-24(29)21-16-17-22(27)25-21/h20-21,26H,2-19H2,1H3,(H,25,27)/t20?,21-/m0/s1. The number of unbranched alkanes of at least 4 members (excludes halogenated alkanes) is 12. The summed E-state index contributed by atoms with van der Waals surface area (Å²) < 4.78 is 9.99. The number of hydrogen-bond donors (Lipinski definition) is 2. The van der Waals surface area contributed by atoms with E-state index in [1.165, 1.54) is 64.2 Å². The topological polar surface area (TPSA) is 102 Å². The van der Waals surface area contributed by atoms with Crippen molar-refractivity contribution in [2.24, 2.45) is 0 Å². The summed E-state index contributed by atoms with van der Waals surface area (Å²) in [5.41, 5.74) is 0. The van der Waals surface area contributed by atoms with Crippen LogP contribution in [0.1, 0.15) is 110 Å². The Bertz CT molecular complexity index is 510. The molecule has 180 valence electrons. The number of amides is 1. The van der Waals surface area contributed by atoms with E-state index in [-0.39, 0.29) is 25.1 Å². The number of aliphatic hydroxyl groups is 1. The molecule has 2 atom stereocenters. The molecule has 7 heteroatoms. The van der Waals surface area contributed by atoms with E-state index in [4.69, 9.17) is 9.47 Å². The molecule has 1 heterocycles. The lowest BCUT2D eigenvalue weighted by molar-refractivity contribution is -0.154. The molecule has 0 aliphatic carbocycles. The molecule has 1 fully saturated rings. The summed E-state index contributed by atoms with van der Waals surface area (Å²) in [5, 5.41) is 12.3. The van der Waals surface area contributed by atoms with Crippen LogP contribution in [0.15, 0.2) is 0 Å². The van der Waals surface area contributed by atoms with E-state index in [1.807, 2.05) is 0 Å². The van der Waals surface area contributed by atoms with Gasteiger partial charge in [-0.2, -0.15) is 0 Å². The number of nitrogens with one attached hydrogen (secondary N) is 1. The molecule has 1 aliphatic rings. The quantitative estimate of drug-likeness (QED) is 0.230. The maximum absolute atomic E-state index is 11.7. The highest BCUT2D eigenvalue weighted by Crippen LogP contribution is 2.13. The van der Waals surface area contributed by atoms with E-state index in [9.17, 15) is 19.5 Å². The number of esters is 2. The Hall–Kier alpha value is -1.63. The van der Waals surface area contributed by atoms with Gasteiger partial charge in [0.25, 0.3) is 0 Å². The third-order valence-corrected chi connectivity index (χ3v) is 5.62. The summed E-state index contributed by atoms with van der Waals surface area (Å²) in [6.45, 7) is 1.80. The number of carbonyl (C=O) groups is 3. The fourth-order valence-electron chi connectivity index (χ4n) is 3.67. The maximum atomic E-state index is 11.7. The van der Waals surface area contributed by atoms with Crippen molar-refractivity contribution in [1.29, 1.82) is 0 Å². The van der Waals surface area contributed by atoms with Gasteiger partial charge < -0.3 is 19.9 Å². The lowest BCUT2D eigenvalue weighted by Crippen LogP contribution is -2.36. The van der Waals surface area contributed by atoms with Crippen molar-refractivity contribution in [3.63, 3.8) is 0 Å². The van der Waals surface area contributed by atoms with Gasteiger partial charge in [-0.1, -0.05) is 84.0 Å². The number of carbonyl (C=O) groups excluding carboxylic acids is 3. The second-order valence-corrected chi connectivity index (χ2v) is 8.62. The molecule has 0 saturated carbocycles. The van der Waals surface area contributed by atoms with E-state index in [0.29, 0.717) is 19.3 Å². The minimum atomic E-state index is -1.06. The predicted octanol–water partition coefficient (Wildman–Crippen LogP) is 4.19. The van der Waals surface area contributed by atoms with Gasteiger partial charge in [-0.15, -0.1) is 0 Å². The van der Waals surface area contributed by atoms with E-state index in [0.717, 1.165) is 19.3 Å². The average Bonchev–Trinajstić information content (AvgIpc) is 3.20. The molecule has 0 radical (unpaired) electrons. The molecule has 0 aromatic carbocycles. The Morgan fingerprint density at radius 1 is 0.903 bits per heavy atom. The third-order valence-electron chi connectivity index (χ3n) is 5.62. The minimum absolute atomic E-state index is 0.176. The highest BCUT2D eigenvalue weighted by Gasteiger charge is 2.28. The monoisotopic (exact) mass is 441 g/mol. The zero-order chi connectivity index (χ0) is 22.7. The predicted molar refractivity (Wildman–Crippen MR) is 119 cm³/mol. The molecule has 1 saturated heterocycles. The van der Waals surface area contributed by atoms with E-state index >= 15 is 0 Å². The second-order valence-electron chi connectivity index (χ2n) is 8.62. The van der Waals surface area contributed by atoms with Crippen LogP contribution in [0.2, 0.25) is 0 Å². The Balaban J connectivity index is 1.86. The van der Waals surface area contributed by atoms with Gasteiger partial charge in [0.05, 0.1) is 0 Å². The molecule has 0 bridgehead atoms. The highest BCUT2D eigenvalue weighted by atomic mass is 16.6. The molecule has 31 heavy (non-hydrogen) atoms. The lowest BCUT2D eigenvalue weighted by atomic mass is 10.0. The van der Waals surface area contributed by atoms with E-state index < -0.39 is 18.1 Å². The van der Waals surface area contributed by atoms with Gasteiger partial charge in [0.2, 0.25) is 5.91 Å². The van der Waals surface area contributed by atoms with Gasteiger partial charge in [0.1, 0.15) is 25.4 Å². The summed E-state index contributed by atoms with van der Waals surface area (Å²) in [6.07, 6.45) is 16.3. The summed E-state index contributed by atoms with van der Waals surface area (Å²) >= 11 is 0. The number of hydrogen-bond acceptors (Lipinski definition) is 6. The Labute approximate surface area is 187 Å². The van der Waals surface area contributed by atoms with Crippen LogP contribution >= 0.6 is 0 Å². The molecule has 0 aromatic heterocycles. The van der Waals surface area contributed by atoms with Crippen LogP contribution in [0.5, 0.6) is 0 Å². The van der Waals surface area contributed by atoms with E-state index in [1.54, 1.807) is 0 Å². The van der Waals surface area contributed by atoms with Crippen molar-refractivity contribution in [1.82, 2.24) is 5.32 Å². The fourth-order valence-corrected chi connectivity index (χ4v) is 3.67. The minimum Gasteiger partial charge on any atom is -0.463 e. The van der Waals surface area contributed by atoms with Crippen molar-refractivity contribution in [3.8, 4) is 0 Å². The number of rotatable bonds is 19. The first kappa shape index (κ1) is 27.4. The molecular formula is C24H43NO6. The SMILES string of the molecule is CCCCCCCCCCCCCCCC(=O)OCC(O)COC(=O)[C@@H]1CCC(=O)N1. The van der Waals surface area contributed by atoms with E-state index in [2.05, 4.69) is 12.2 Å². The zero-order valence-corrected chi connectivity index (χ0v) is 19.4. The summed E-state index contributed by atoms with van der Waals surface area (Å²) in [6, 6.07) is -0.641. The van der Waals surface area contributed by atoms with Crippen molar-refractivity contribution in [2.75, 3.05) is 13.2 Å². The number of ether oxygens (including phenoxy) is 2. The molecule has 0 spiro atoms. The van der Waals surface area contributed by atoms with Gasteiger partial charge in [-0.05, 0) is 12.8 Å². The zero-order valence-electron chi connectivity index (χ0n) is 19.4. The fraction of sp³-hybridized carbons (Fsp3) is 0.875. The van der Waals surface area contributed by atoms with Crippen LogP contribution < -0.4 is 5.32 Å². The van der Waals surface area contributed by atoms with Crippen LogP contribution in [-0.4, -0.2) is 48.3 Å². The Morgan fingerprint density at radius 3 is 1.94 bits per heavy atom. The van der Waals surface area contributed by atoms with Crippen LogP contribution in [0.4, 0.5) is 0 Å².